The van der Waals surface area contributed by atoms with Crippen molar-refractivity contribution >= 4 is 5.96 Å². The maximum atomic E-state index is 12.1. The molecule has 28 heavy (non-hydrogen) atoms. The number of hydrogen-bond acceptors (Lipinski definition) is 3. The molecule has 0 saturated heterocycles. The fourth-order valence-corrected chi connectivity index (χ4v) is 2.48. The zero-order valence-electron chi connectivity index (χ0n) is 16.1. The number of aromatic nitrogens is 2. The average molecular weight is 397 g/mol. The van der Waals surface area contributed by atoms with E-state index in [4.69, 9.17) is 0 Å². The van der Waals surface area contributed by atoms with Crippen molar-refractivity contribution in [2.45, 2.75) is 39.2 Å². The first-order chi connectivity index (χ1) is 13.4. The molecule has 0 aliphatic rings. The standard InChI is InChI=1S/C19H26F3N5O/c1-15-10-26-27(12-15)9-3-8-24-18(23-2)25-11-16-4-6-17(7-5-16)13-28-14-19(20,21)22/h4-7,10,12H,3,8-9,11,13-14H2,1-2H3,(H2,23,24,25). The third-order valence-corrected chi connectivity index (χ3v) is 3.86. The van der Waals surface area contributed by atoms with Gasteiger partial charge < -0.3 is 15.4 Å². The molecular weight excluding hydrogens is 371 g/mol. The molecule has 0 atom stereocenters. The molecule has 0 fully saturated rings. The van der Waals surface area contributed by atoms with Gasteiger partial charge in [-0.25, -0.2) is 0 Å². The highest BCUT2D eigenvalue weighted by Gasteiger charge is 2.27. The van der Waals surface area contributed by atoms with Crippen LogP contribution in [0.2, 0.25) is 0 Å². The number of rotatable bonds is 9. The topological polar surface area (TPSA) is 63.5 Å². The lowest BCUT2D eigenvalue weighted by molar-refractivity contribution is -0.176. The van der Waals surface area contributed by atoms with E-state index in [-0.39, 0.29) is 6.61 Å². The number of ether oxygens (including phenoxy) is 1. The van der Waals surface area contributed by atoms with Crippen molar-refractivity contribution in [2.75, 3.05) is 20.2 Å². The first-order valence-corrected chi connectivity index (χ1v) is 9.01. The van der Waals surface area contributed by atoms with Crippen LogP contribution in [0.5, 0.6) is 0 Å². The fourth-order valence-electron chi connectivity index (χ4n) is 2.48. The van der Waals surface area contributed by atoms with Gasteiger partial charge in [-0.15, -0.1) is 0 Å². The molecule has 1 aromatic carbocycles. The van der Waals surface area contributed by atoms with Crippen LogP contribution in [0.3, 0.4) is 0 Å². The van der Waals surface area contributed by atoms with Crippen LogP contribution in [0.25, 0.3) is 0 Å². The van der Waals surface area contributed by atoms with E-state index in [0.29, 0.717) is 18.1 Å². The van der Waals surface area contributed by atoms with Crippen LogP contribution < -0.4 is 10.6 Å². The summed E-state index contributed by atoms with van der Waals surface area (Å²) in [5.74, 6) is 0.689. The molecule has 0 amide bonds. The maximum Gasteiger partial charge on any atom is 0.411 e. The number of nitrogens with zero attached hydrogens (tertiary/aromatic N) is 3. The Morgan fingerprint density at radius 2 is 1.89 bits per heavy atom. The molecule has 6 nitrogen and oxygen atoms in total. The van der Waals surface area contributed by atoms with Gasteiger partial charge in [-0.05, 0) is 30.0 Å². The Bertz CT molecular complexity index is 741. The maximum absolute atomic E-state index is 12.1. The first-order valence-electron chi connectivity index (χ1n) is 9.01. The van der Waals surface area contributed by atoms with Crippen molar-refractivity contribution < 1.29 is 17.9 Å². The third-order valence-electron chi connectivity index (χ3n) is 3.86. The molecule has 2 N–H and O–H groups in total. The lowest BCUT2D eigenvalue weighted by atomic mass is 10.1. The molecule has 9 heteroatoms. The molecule has 0 unspecified atom stereocenters. The molecule has 0 spiro atoms. The summed E-state index contributed by atoms with van der Waals surface area (Å²) in [6.07, 6.45) is 0.449. The Balaban J connectivity index is 1.66. The van der Waals surface area contributed by atoms with Crippen LogP contribution in [0.4, 0.5) is 13.2 Å². The molecular formula is C19H26F3N5O. The molecule has 1 heterocycles. The summed E-state index contributed by atoms with van der Waals surface area (Å²) in [5, 5.41) is 10.7. The van der Waals surface area contributed by atoms with Crippen LogP contribution in [-0.2, 0) is 24.4 Å². The molecule has 0 aliphatic heterocycles. The van der Waals surface area contributed by atoms with Crippen LogP contribution in [0, 0.1) is 6.92 Å². The molecule has 0 radical (unpaired) electrons. The molecule has 0 aliphatic carbocycles. The lowest BCUT2D eigenvalue weighted by Gasteiger charge is -2.12. The second-order valence-corrected chi connectivity index (χ2v) is 6.41. The first kappa shape index (κ1) is 21.7. The normalized spacial score (nSPS) is 12.2. The summed E-state index contributed by atoms with van der Waals surface area (Å²) in [5.41, 5.74) is 2.84. The monoisotopic (exact) mass is 397 g/mol. The zero-order valence-corrected chi connectivity index (χ0v) is 16.1. The number of guanidine groups is 1. The van der Waals surface area contributed by atoms with E-state index >= 15 is 0 Å². The van der Waals surface area contributed by atoms with Gasteiger partial charge in [0.1, 0.15) is 6.61 Å². The minimum Gasteiger partial charge on any atom is -0.367 e. The van der Waals surface area contributed by atoms with E-state index in [1.165, 1.54) is 0 Å². The third kappa shape index (κ3) is 8.43. The van der Waals surface area contributed by atoms with E-state index in [9.17, 15) is 13.2 Å². The quantitative estimate of drug-likeness (QED) is 0.388. The molecule has 154 valence electrons. The highest BCUT2D eigenvalue weighted by atomic mass is 19.4. The number of benzene rings is 1. The highest BCUT2D eigenvalue weighted by molar-refractivity contribution is 5.79. The number of alkyl halides is 3. The summed E-state index contributed by atoms with van der Waals surface area (Å²) in [6, 6.07) is 7.23. The molecule has 1 aromatic heterocycles. The van der Waals surface area contributed by atoms with Gasteiger partial charge in [0.2, 0.25) is 0 Å². The zero-order chi connectivity index (χ0) is 20.4. The molecule has 0 bridgehead atoms. The largest absolute Gasteiger partial charge is 0.411 e. The summed E-state index contributed by atoms with van der Waals surface area (Å²) >= 11 is 0. The minimum atomic E-state index is -4.30. The number of nitrogens with one attached hydrogen (secondary N) is 2. The SMILES string of the molecule is CN=C(NCCCn1cc(C)cn1)NCc1ccc(COCC(F)(F)F)cc1. The fraction of sp³-hybridized carbons (Fsp3) is 0.474. The Labute approximate surface area is 162 Å². The number of hydrogen-bond donors (Lipinski definition) is 2. The van der Waals surface area contributed by atoms with Crippen LogP contribution in [-0.4, -0.2) is 42.1 Å². The summed E-state index contributed by atoms with van der Waals surface area (Å²) in [7, 11) is 1.70. The van der Waals surface area contributed by atoms with Gasteiger partial charge in [-0.2, -0.15) is 18.3 Å². The van der Waals surface area contributed by atoms with Gasteiger partial charge >= 0.3 is 6.18 Å². The van der Waals surface area contributed by atoms with Crippen molar-refractivity contribution in [3.63, 3.8) is 0 Å². The minimum absolute atomic E-state index is 0.0633. The summed E-state index contributed by atoms with van der Waals surface area (Å²) < 4.78 is 42.8. The Kier molecular flexibility index (Phi) is 8.31. The number of aliphatic imine (C=N–C) groups is 1. The van der Waals surface area contributed by atoms with Gasteiger partial charge in [0.15, 0.2) is 5.96 Å². The molecule has 0 saturated carbocycles. The average Bonchev–Trinajstić information content (AvgIpc) is 3.06. The Hall–Kier alpha value is -2.55. The van der Waals surface area contributed by atoms with Crippen molar-refractivity contribution in [2.24, 2.45) is 4.99 Å². The predicted octanol–water partition coefficient (Wildman–Crippen LogP) is 3.03. The van der Waals surface area contributed by atoms with E-state index in [2.05, 4.69) is 25.5 Å². The highest BCUT2D eigenvalue weighted by Crippen LogP contribution is 2.15. The smallest absolute Gasteiger partial charge is 0.367 e. The summed E-state index contributed by atoms with van der Waals surface area (Å²) in [6.45, 7) is 2.85. The Morgan fingerprint density at radius 1 is 1.18 bits per heavy atom. The van der Waals surface area contributed by atoms with Crippen molar-refractivity contribution in [3.05, 3.63) is 53.3 Å². The number of halogens is 3. The van der Waals surface area contributed by atoms with E-state index in [1.807, 2.05) is 36.1 Å². The van der Waals surface area contributed by atoms with E-state index in [1.54, 1.807) is 19.2 Å². The van der Waals surface area contributed by atoms with Crippen molar-refractivity contribution in [1.29, 1.82) is 0 Å². The van der Waals surface area contributed by atoms with Crippen LogP contribution >= 0.6 is 0 Å². The van der Waals surface area contributed by atoms with Gasteiger partial charge in [0.05, 0.1) is 12.8 Å². The molecule has 2 aromatic rings. The second kappa shape index (κ2) is 10.7. The van der Waals surface area contributed by atoms with Gasteiger partial charge in [-0.1, -0.05) is 24.3 Å². The van der Waals surface area contributed by atoms with Gasteiger partial charge in [0, 0.05) is 32.9 Å². The predicted molar refractivity (Wildman–Crippen MR) is 102 cm³/mol. The molecule has 2 rings (SSSR count). The van der Waals surface area contributed by atoms with Crippen LogP contribution in [0.1, 0.15) is 23.1 Å². The number of aryl methyl sites for hydroxylation is 2. The van der Waals surface area contributed by atoms with Crippen molar-refractivity contribution in [3.8, 4) is 0 Å². The van der Waals surface area contributed by atoms with Gasteiger partial charge in [0.25, 0.3) is 0 Å². The Morgan fingerprint density at radius 3 is 2.50 bits per heavy atom. The van der Waals surface area contributed by atoms with E-state index in [0.717, 1.165) is 30.6 Å². The van der Waals surface area contributed by atoms with Crippen molar-refractivity contribution in [1.82, 2.24) is 20.4 Å². The van der Waals surface area contributed by atoms with Crippen LogP contribution in [0.15, 0.2) is 41.7 Å². The van der Waals surface area contributed by atoms with Gasteiger partial charge in [-0.3, -0.25) is 9.67 Å². The second-order valence-electron chi connectivity index (χ2n) is 6.41. The summed E-state index contributed by atoms with van der Waals surface area (Å²) in [4.78, 5) is 4.18. The van der Waals surface area contributed by atoms with E-state index < -0.39 is 12.8 Å². The lowest BCUT2D eigenvalue weighted by Crippen LogP contribution is -2.37.